The van der Waals surface area contributed by atoms with Gasteiger partial charge in [0.05, 0.1) is 12.9 Å². The van der Waals surface area contributed by atoms with Crippen LogP contribution < -0.4 is 0 Å². The molecule has 0 atom stereocenters. The first-order valence-corrected chi connectivity index (χ1v) is 3.12. The number of hydrogen-bond donors (Lipinski definition) is 0. The summed E-state index contributed by atoms with van der Waals surface area (Å²) in [6.07, 6.45) is 1.74. The van der Waals surface area contributed by atoms with E-state index in [1.807, 2.05) is 20.8 Å². The van der Waals surface area contributed by atoms with Gasteiger partial charge in [-0.05, 0) is 26.3 Å². The average molecular weight is 126 g/mol. The monoisotopic (exact) mass is 126 g/mol. The van der Waals surface area contributed by atoms with E-state index in [1.165, 1.54) is 0 Å². The topological polar surface area (TPSA) is 9.23 Å². The van der Waals surface area contributed by atoms with Crippen molar-refractivity contribution in [1.29, 1.82) is 0 Å². The van der Waals surface area contributed by atoms with E-state index in [1.54, 1.807) is 6.26 Å². The highest BCUT2D eigenvalue weighted by Crippen LogP contribution is 2.03. The van der Waals surface area contributed by atoms with Gasteiger partial charge in [-0.3, -0.25) is 0 Å². The van der Waals surface area contributed by atoms with Gasteiger partial charge in [-0.2, -0.15) is 0 Å². The first-order chi connectivity index (χ1) is 4.18. The third kappa shape index (κ3) is 3.83. The number of hydrogen-bond acceptors (Lipinski definition) is 1. The van der Waals surface area contributed by atoms with Crippen molar-refractivity contribution in [3.8, 4) is 0 Å². The van der Waals surface area contributed by atoms with Crippen LogP contribution in [0.5, 0.6) is 0 Å². The molecule has 0 bridgehead atoms. The minimum absolute atomic E-state index is 0.727. The van der Waals surface area contributed by atoms with Gasteiger partial charge in [0.15, 0.2) is 0 Å². The molecular weight excluding hydrogens is 112 g/mol. The van der Waals surface area contributed by atoms with Crippen molar-refractivity contribution < 1.29 is 4.74 Å². The van der Waals surface area contributed by atoms with Crippen LogP contribution in [0.4, 0.5) is 0 Å². The zero-order valence-electron chi connectivity index (χ0n) is 6.40. The first kappa shape index (κ1) is 8.28. The second kappa shape index (κ2) is 4.19. The van der Waals surface area contributed by atoms with E-state index in [4.69, 9.17) is 4.74 Å². The Bertz CT molecular complexity index is 123. The first-order valence-electron chi connectivity index (χ1n) is 3.12. The third-order valence-corrected chi connectivity index (χ3v) is 1.10. The van der Waals surface area contributed by atoms with E-state index in [-0.39, 0.29) is 0 Å². The Labute approximate surface area is 57.0 Å². The molecule has 0 aliphatic carbocycles. The summed E-state index contributed by atoms with van der Waals surface area (Å²) in [5.74, 6) is 0. The molecule has 0 aromatic heterocycles. The maximum absolute atomic E-state index is 5.03. The summed E-state index contributed by atoms with van der Waals surface area (Å²) in [7, 11) is 0. The fraction of sp³-hybridized carbons (Fsp3) is 0.500. The lowest BCUT2D eigenvalue weighted by Gasteiger charge is -1.98. The SMILES string of the molecule is C=C(C)/C(C)=C/OCC. The molecule has 9 heavy (non-hydrogen) atoms. The lowest BCUT2D eigenvalue weighted by molar-refractivity contribution is 0.266. The fourth-order valence-electron chi connectivity index (χ4n) is 0.309. The molecule has 0 aliphatic heterocycles. The maximum Gasteiger partial charge on any atom is 0.0860 e. The highest BCUT2D eigenvalue weighted by molar-refractivity contribution is 5.21. The summed E-state index contributed by atoms with van der Waals surface area (Å²) < 4.78 is 5.03. The van der Waals surface area contributed by atoms with E-state index in [0.717, 1.165) is 17.8 Å². The Morgan fingerprint density at radius 2 is 2.11 bits per heavy atom. The van der Waals surface area contributed by atoms with Gasteiger partial charge in [0.25, 0.3) is 0 Å². The van der Waals surface area contributed by atoms with Crippen LogP contribution in [0, 0.1) is 0 Å². The van der Waals surface area contributed by atoms with Gasteiger partial charge in [0.1, 0.15) is 0 Å². The summed E-state index contributed by atoms with van der Waals surface area (Å²) in [5.41, 5.74) is 2.17. The lowest BCUT2D eigenvalue weighted by Crippen LogP contribution is -1.82. The highest BCUT2D eigenvalue weighted by Gasteiger charge is 1.86. The minimum atomic E-state index is 0.727. The smallest absolute Gasteiger partial charge is 0.0860 e. The molecule has 0 saturated carbocycles. The van der Waals surface area contributed by atoms with Gasteiger partial charge in [0.2, 0.25) is 0 Å². The van der Waals surface area contributed by atoms with Crippen LogP contribution in [0.1, 0.15) is 20.8 Å². The molecular formula is C8H14O. The van der Waals surface area contributed by atoms with Crippen molar-refractivity contribution in [1.82, 2.24) is 0 Å². The van der Waals surface area contributed by atoms with E-state index in [9.17, 15) is 0 Å². The average Bonchev–Trinajstić information content (AvgIpc) is 1.82. The molecule has 0 fully saturated rings. The predicted octanol–water partition coefficient (Wildman–Crippen LogP) is 2.50. The van der Waals surface area contributed by atoms with Crippen molar-refractivity contribution in [2.45, 2.75) is 20.8 Å². The molecule has 0 aliphatic rings. The fourth-order valence-corrected chi connectivity index (χ4v) is 0.309. The normalized spacial score (nSPS) is 11.2. The molecule has 0 heterocycles. The zero-order valence-corrected chi connectivity index (χ0v) is 6.40. The van der Waals surface area contributed by atoms with Crippen LogP contribution in [0.2, 0.25) is 0 Å². The molecule has 0 aromatic carbocycles. The van der Waals surface area contributed by atoms with Crippen molar-refractivity contribution in [3.63, 3.8) is 0 Å². The van der Waals surface area contributed by atoms with Crippen molar-refractivity contribution in [2.24, 2.45) is 0 Å². The van der Waals surface area contributed by atoms with Crippen molar-refractivity contribution >= 4 is 0 Å². The van der Waals surface area contributed by atoms with Gasteiger partial charge in [0, 0.05) is 0 Å². The van der Waals surface area contributed by atoms with Crippen LogP contribution in [0.15, 0.2) is 24.0 Å². The summed E-state index contributed by atoms with van der Waals surface area (Å²) >= 11 is 0. The molecule has 0 amide bonds. The quantitative estimate of drug-likeness (QED) is 0.417. The van der Waals surface area contributed by atoms with Crippen LogP contribution in [-0.4, -0.2) is 6.61 Å². The van der Waals surface area contributed by atoms with Crippen molar-refractivity contribution in [3.05, 3.63) is 24.0 Å². The van der Waals surface area contributed by atoms with Gasteiger partial charge >= 0.3 is 0 Å². The second-order valence-electron chi connectivity index (χ2n) is 2.04. The standard InChI is InChI=1S/C8H14O/c1-5-9-6-8(4)7(2)3/h6H,2,5H2,1,3-4H3/b8-6+. The Kier molecular flexibility index (Phi) is 3.85. The predicted molar refractivity (Wildman–Crippen MR) is 40.2 cm³/mol. The van der Waals surface area contributed by atoms with Crippen molar-refractivity contribution in [2.75, 3.05) is 6.61 Å². The van der Waals surface area contributed by atoms with Crippen LogP contribution in [-0.2, 0) is 4.74 Å². The molecule has 0 radical (unpaired) electrons. The largest absolute Gasteiger partial charge is 0.501 e. The van der Waals surface area contributed by atoms with Gasteiger partial charge in [-0.1, -0.05) is 12.2 Å². The summed E-state index contributed by atoms with van der Waals surface area (Å²) in [6.45, 7) is 10.4. The number of rotatable bonds is 3. The molecule has 0 aromatic rings. The summed E-state index contributed by atoms with van der Waals surface area (Å²) in [6, 6.07) is 0. The molecule has 1 heteroatoms. The van der Waals surface area contributed by atoms with E-state index in [2.05, 4.69) is 6.58 Å². The molecule has 0 unspecified atom stereocenters. The number of ether oxygens (including phenoxy) is 1. The summed E-state index contributed by atoms with van der Waals surface area (Å²) in [4.78, 5) is 0. The molecule has 0 spiro atoms. The maximum atomic E-state index is 5.03. The Balaban J connectivity index is 3.69. The third-order valence-electron chi connectivity index (χ3n) is 1.10. The highest BCUT2D eigenvalue weighted by atomic mass is 16.5. The van der Waals surface area contributed by atoms with Crippen LogP contribution in [0.3, 0.4) is 0 Å². The zero-order chi connectivity index (χ0) is 7.28. The molecule has 0 rings (SSSR count). The van der Waals surface area contributed by atoms with Gasteiger partial charge < -0.3 is 4.74 Å². The molecule has 0 saturated heterocycles. The van der Waals surface area contributed by atoms with E-state index in [0.29, 0.717) is 0 Å². The van der Waals surface area contributed by atoms with E-state index >= 15 is 0 Å². The Morgan fingerprint density at radius 1 is 1.56 bits per heavy atom. The minimum Gasteiger partial charge on any atom is -0.501 e. The molecule has 0 N–H and O–H groups in total. The Morgan fingerprint density at radius 3 is 2.44 bits per heavy atom. The molecule has 52 valence electrons. The van der Waals surface area contributed by atoms with Crippen LogP contribution in [0.25, 0.3) is 0 Å². The van der Waals surface area contributed by atoms with Crippen LogP contribution >= 0.6 is 0 Å². The Hall–Kier alpha value is -0.720. The lowest BCUT2D eigenvalue weighted by atomic mass is 10.2. The molecule has 1 nitrogen and oxygen atoms in total. The number of allylic oxidation sites excluding steroid dienone is 2. The summed E-state index contributed by atoms with van der Waals surface area (Å²) in [5, 5.41) is 0. The van der Waals surface area contributed by atoms with E-state index < -0.39 is 0 Å². The van der Waals surface area contributed by atoms with Gasteiger partial charge in [-0.15, -0.1) is 0 Å². The second-order valence-corrected chi connectivity index (χ2v) is 2.04. The van der Waals surface area contributed by atoms with Gasteiger partial charge in [-0.25, -0.2) is 0 Å².